The number of rotatable bonds is 5. The predicted octanol–water partition coefficient (Wildman–Crippen LogP) is 7.14. The molecule has 2 fully saturated rings. The van der Waals surface area contributed by atoms with Crippen LogP contribution in [0.1, 0.15) is 69.8 Å². The molecule has 0 aromatic heterocycles. The molecule has 25 heavy (non-hydrogen) atoms. The zero-order chi connectivity index (χ0) is 17.8. The van der Waals surface area contributed by atoms with Crippen molar-refractivity contribution in [2.75, 3.05) is 6.61 Å². The lowest BCUT2D eigenvalue weighted by molar-refractivity contribution is 0.171. The summed E-state index contributed by atoms with van der Waals surface area (Å²) in [5.74, 6) is 2.71. The summed E-state index contributed by atoms with van der Waals surface area (Å²) in [4.78, 5) is 0. The fourth-order valence-corrected chi connectivity index (χ4v) is 5.19. The highest BCUT2D eigenvalue weighted by Gasteiger charge is 2.31. The Bertz CT molecular complexity index is 584. The number of hydrogen-bond donors (Lipinski definition) is 0. The molecule has 2 aliphatic carbocycles. The van der Waals surface area contributed by atoms with Gasteiger partial charge < -0.3 is 4.74 Å². The molecule has 1 aromatic carbocycles. The summed E-state index contributed by atoms with van der Waals surface area (Å²) in [6.07, 6.45) is 12.2. The molecule has 0 saturated heterocycles. The quantitative estimate of drug-likeness (QED) is 0.504. The maximum Gasteiger partial charge on any atom is 0.183 e. The number of allylic oxidation sites excluding steroid dienone is 1. The number of ether oxygens (including phenoxy) is 1. The molecule has 3 rings (SSSR count). The van der Waals surface area contributed by atoms with Crippen LogP contribution in [0.25, 0.3) is 0 Å². The Balaban J connectivity index is 1.59. The van der Waals surface area contributed by atoms with Crippen LogP contribution in [-0.4, -0.2) is 6.61 Å². The molecule has 0 unspecified atom stereocenters. The van der Waals surface area contributed by atoms with Crippen LogP contribution in [0, 0.1) is 23.6 Å². The highest BCUT2D eigenvalue weighted by Crippen LogP contribution is 2.46. The van der Waals surface area contributed by atoms with Crippen LogP contribution >= 0.6 is 11.6 Å². The Kier molecular flexibility index (Phi) is 6.44. The second kappa shape index (κ2) is 8.58. The van der Waals surface area contributed by atoms with E-state index in [1.165, 1.54) is 38.5 Å². The van der Waals surface area contributed by atoms with Gasteiger partial charge in [0.1, 0.15) is 0 Å². The minimum absolute atomic E-state index is 0.265. The van der Waals surface area contributed by atoms with E-state index in [-0.39, 0.29) is 10.8 Å². The molecule has 0 amide bonds. The van der Waals surface area contributed by atoms with Crippen molar-refractivity contribution in [1.29, 1.82) is 0 Å². The number of benzene rings is 1. The Morgan fingerprint density at radius 2 is 1.68 bits per heavy atom. The molecule has 0 atom stereocenters. The van der Waals surface area contributed by atoms with E-state index in [1.807, 2.05) is 13.0 Å². The molecule has 2 saturated carbocycles. The third-order valence-electron chi connectivity index (χ3n) is 6.40. The lowest BCUT2D eigenvalue weighted by Crippen LogP contribution is -2.25. The second-order valence-corrected chi connectivity index (χ2v) is 8.11. The molecule has 3 heteroatoms. The van der Waals surface area contributed by atoms with Gasteiger partial charge in [-0.1, -0.05) is 23.7 Å². The Hall–Kier alpha value is -1.02. The van der Waals surface area contributed by atoms with E-state index < -0.39 is 5.82 Å². The normalized spacial score (nSPS) is 30.0. The van der Waals surface area contributed by atoms with Gasteiger partial charge in [-0.3, -0.25) is 0 Å². The van der Waals surface area contributed by atoms with Crippen LogP contribution in [0.2, 0.25) is 5.02 Å². The highest BCUT2D eigenvalue weighted by molar-refractivity contribution is 6.31. The smallest absolute Gasteiger partial charge is 0.183 e. The van der Waals surface area contributed by atoms with E-state index >= 15 is 0 Å². The SMILES string of the molecule is C=CC1CCC(C2CCC(c3ccc(OCC)c(F)c3Cl)CC2)CC1. The van der Waals surface area contributed by atoms with Crippen LogP contribution in [0.3, 0.4) is 0 Å². The monoisotopic (exact) mass is 364 g/mol. The summed E-state index contributed by atoms with van der Waals surface area (Å²) >= 11 is 6.32. The van der Waals surface area contributed by atoms with E-state index in [9.17, 15) is 4.39 Å². The molecule has 0 N–H and O–H groups in total. The van der Waals surface area contributed by atoms with Crippen molar-refractivity contribution < 1.29 is 9.13 Å². The van der Waals surface area contributed by atoms with Crippen molar-refractivity contribution in [3.63, 3.8) is 0 Å². The van der Waals surface area contributed by atoms with Gasteiger partial charge in [-0.05, 0) is 93.6 Å². The van der Waals surface area contributed by atoms with Crippen molar-refractivity contribution >= 4 is 11.6 Å². The fourth-order valence-electron chi connectivity index (χ4n) is 4.88. The van der Waals surface area contributed by atoms with Crippen LogP contribution < -0.4 is 4.74 Å². The van der Waals surface area contributed by atoms with Gasteiger partial charge in [0.05, 0.1) is 11.6 Å². The summed E-state index contributed by atoms with van der Waals surface area (Å²) in [6, 6.07) is 3.71. The van der Waals surface area contributed by atoms with Gasteiger partial charge in [0.25, 0.3) is 0 Å². The van der Waals surface area contributed by atoms with Crippen LogP contribution in [0.5, 0.6) is 5.75 Å². The summed E-state index contributed by atoms with van der Waals surface area (Å²) in [6.45, 7) is 6.25. The topological polar surface area (TPSA) is 9.23 Å². The molecular formula is C22H30ClFO. The molecule has 0 aliphatic heterocycles. The van der Waals surface area contributed by atoms with Crippen molar-refractivity contribution in [2.45, 2.75) is 64.2 Å². The molecule has 0 heterocycles. The first-order valence-electron chi connectivity index (χ1n) is 9.87. The molecule has 1 nitrogen and oxygen atoms in total. The zero-order valence-electron chi connectivity index (χ0n) is 15.3. The zero-order valence-corrected chi connectivity index (χ0v) is 16.0. The largest absolute Gasteiger partial charge is 0.491 e. The van der Waals surface area contributed by atoms with Gasteiger partial charge in [0.2, 0.25) is 0 Å². The molecular weight excluding hydrogens is 335 g/mol. The molecule has 2 aliphatic rings. The van der Waals surface area contributed by atoms with Crippen LogP contribution in [-0.2, 0) is 0 Å². The number of hydrogen-bond acceptors (Lipinski definition) is 1. The Labute approximate surface area is 156 Å². The van der Waals surface area contributed by atoms with Crippen molar-refractivity contribution in [1.82, 2.24) is 0 Å². The average molecular weight is 365 g/mol. The van der Waals surface area contributed by atoms with E-state index in [4.69, 9.17) is 16.3 Å². The molecule has 138 valence electrons. The van der Waals surface area contributed by atoms with E-state index in [0.29, 0.717) is 12.5 Å². The highest BCUT2D eigenvalue weighted by atomic mass is 35.5. The molecule has 1 aromatic rings. The fraction of sp³-hybridized carbons (Fsp3) is 0.636. The predicted molar refractivity (Wildman–Crippen MR) is 103 cm³/mol. The van der Waals surface area contributed by atoms with Crippen molar-refractivity contribution in [3.05, 3.63) is 41.2 Å². The average Bonchev–Trinajstić information content (AvgIpc) is 2.66. The maximum atomic E-state index is 14.4. The van der Waals surface area contributed by atoms with Gasteiger partial charge in [0.15, 0.2) is 11.6 Å². The Morgan fingerprint density at radius 1 is 1.08 bits per heavy atom. The Morgan fingerprint density at radius 3 is 2.24 bits per heavy atom. The minimum Gasteiger partial charge on any atom is -0.491 e. The lowest BCUT2D eigenvalue weighted by Gasteiger charge is -2.37. The molecule has 0 spiro atoms. The third-order valence-corrected chi connectivity index (χ3v) is 6.79. The third kappa shape index (κ3) is 4.22. The first-order chi connectivity index (χ1) is 12.1. The van der Waals surface area contributed by atoms with E-state index in [0.717, 1.165) is 36.2 Å². The lowest BCUT2D eigenvalue weighted by atomic mass is 9.68. The molecule has 0 bridgehead atoms. The maximum absolute atomic E-state index is 14.4. The summed E-state index contributed by atoms with van der Waals surface area (Å²) in [7, 11) is 0. The second-order valence-electron chi connectivity index (χ2n) is 7.74. The minimum atomic E-state index is -0.397. The van der Waals surface area contributed by atoms with Gasteiger partial charge in [-0.2, -0.15) is 0 Å². The van der Waals surface area contributed by atoms with Gasteiger partial charge in [0, 0.05) is 0 Å². The summed E-state index contributed by atoms with van der Waals surface area (Å²) in [5.41, 5.74) is 0.969. The van der Waals surface area contributed by atoms with Gasteiger partial charge in [-0.25, -0.2) is 4.39 Å². The van der Waals surface area contributed by atoms with Crippen molar-refractivity contribution in [3.8, 4) is 5.75 Å². The van der Waals surface area contributed by atoms with Crippen LogP contribution in [0.15, 0.2) is 24.8 Å². The van der Waals surface area contributed by atoms with Gasteiger partial charge in [-0.15, -0.1) is 6.58 Å². The summed E-state index contributed by atoms with van der Waals surface area (Å²) in [5, 5.41) is 0.265. The summed E-state index contributed by atoms with van der Waals surface area (Å²) < 4.78 is 19.7. The first kappa shape index (κ1) is 18.8. The van der Waals surface area contributed by atoms with Crippen LogP contribution in [0.4, 0.5) is 4.39 Å². The molecule has 0 radical (unpaired) electrons. The first-order valence-corrected chi connectivity index (χ1v) is 10.2. The number of halogens is 2. The van der Waals surface area contributed by atoms with Gasteiger partial charge >= 0.3 is 0 Å². The van der Waals surface area contributed by atoms with Crippen molar-refractivity contribution in [2.24, 2.45) is 17.8 Å². The van der Waals surface area contributed by atoms with E-state index in [2.05, 4.69) is 12.7 Å². The standard InChI is InChI=1S/C22H30ClFO/c1-3-15-5-7-16(8-6-15)17-9-11-18(12-10-17)19-13-14-20(25-4-2)22(24)21(19)23/h3,13-18H,1,4-12H2,2H3. The van der Waals surface area contributed by atoms with E-state index in [1.54, 1.807) is 6.07 Å².